The quantitative estimate of drug-likeness (QED) is 0.410. The number of aromatic nitrogens is 4. The van der Waals surface area contributed by atoms with Crippen molar-refractivity contribution in [2.75, 3.05) is 18.4 Å². The summed E-state index contributed by atoms with van der Waals surface area (Å²) in [5, 5.41) is 17.6. The maximum Gasteiger partial charge on any atom is 0.171 e. The van der Waals surface area contributed by atoms with E-state index in [4.69, 9.17) is 4.98 Å². The van der Waals surface area contributed by atoms with E-state index in [1.165, 1.54) is 5.56 Å². The van der Waals surface area contributed by atoms with Gasteiger partial charge in [0.15, 0.2) is 5.65 Å². The lowest BCUT2D eigenvalue weighted by Gasteiger charge is -2.32. The van der Waals surface area contributed by atoms with Gasteiger partial charge in [-0.25, -0.2) is 4.98 Å². The van der Waals surface area contributed by atoms with Gasteiger partial charge in [0.25, 0.3) is 0 Å². The average Bonchev–Trinajstić information content (AvgIpc) is 3.21. The molecular formula is C24H25BrN6O. The molecule has 164 valence electrons. The van der Waals surface area contributed by atoms with Crippen molar-refractivity contribution in [2.24, 2.45) is 0 Å². The van der Waals surface area contributed by atoms with Crippen LogP contribution in [-0.2, 0) is 13.1 Å². The number of aromatic hydroxyl groups is 1. The number of benzene rings is 1. The summed E-state index contributed by atoms with van der Waals surface area (Å²) in [6.07, 6.45) is 7.69. The van der Waals surface area contributed by atoms with Crippen LogP contribution < -0.4 is 5.32 Å². The molecule has 1 aliphatic rings. The van der Waals surface area contributed by atoms with E-state index >= 15 is 0 Å². The molecule has 4 heterocycles. The summed E-state index contributed by atoms with van der Waals surface area (Å²) in [7, 11) is 0. The zero-order valence-electron chi connectivity index (χ0n) is 17.7. The number of phenolic OH excluding ortho intramolecular Hbond substituents is 1. The van der Waals surface area contributed by atoms with Gasteiger partial charge in [-0.2, -0.15) is 9.61 Å². The number of likely N-dealkylation sites (tertiary alicyclic amines) is 1. The van der Waals surface area contributed by atoms with E-state index in [-0.39, 0.29) is 0 Å². The predicted octanol–water partition coefficient (Wildman–Crippen LogP) is 4.58. The third-order valence-corrected chi connectivity index (χ3v) is 6.47. The highest BCUT2D eigenvalue weighted by Crippen LogP contribution is 2.30. The van der Waals surface area contributed by atoms with Crippen molar-refractivity contribution in [3.05, 3.63) is 82.3 Å². The van der Waals surface area contributed by atoms with Gasteiger partial charge in [0.1, 0.15) is 11.6 Å². The number of hydrogen-bond acceptors (Lipinski definition) is 6. The zero-order valence-corrected chi connectivity index (χ0v) is 19.2. The van der Waals surface area contributed by atoms with E-state index in [0.29, 0.717) is 18.2 Å². The minimum atomic E-state index is 0.306. The van der Waals surface area contributed by atoms with Crippen LogP contribution in [0, 0.1) is 0 Å². The molecule has 1 atom stereocenters. The fraction of sp³-hybridized carbons (Fsp3) is 0.292. The summed E-state index contributed by atoms with van der Waals surface area (Å²) in [6.45, 7) is 3.57. The molecule has 7 nitrogen and oxygen atoms in total. The maximum atomic E-state index is 9.54. The second-order valence-electron chi connectivity index (χ2n) is 8.25. The largest absolute Gasteiger partial charge is 0.508 e. The highest BCUT2D eigenvalue weighted by atomic mass is 79.9. The Hall–Kier alpha value is -2.97. The minimum Gasteiger partial charge on any atom is -0.508 e. The topological polar surface area (TPSA) is 78.6 Å². The molecule has 1 saturated heterocycles. The number of nitrogens with zero attached hydrogens (tertiary/aromatic N) is 5. The number of phenols is 1. The van der Waals surface area contributed by atoms with Gasteiger partial charge in [0.2, 0.25) is 0 Å². The molecule has 0 radical (unpaired) electrons. The molecule has 32 heavy (non-hydrogen) atoms. The van der Waals surface area contributed by atoms with E-state index in [9.17, 15) is 5.11 Å². The zero-order chi connectivity index (χ0) is 21.9. The Morgan fingerprint density at radius 2 is 2.00 bits per heavy atom. The van der Waals surface area contributed by atoms with Crippen LogP contribution >= 0.6 is 15.9 Å². The molecule has 0 bridgehead atoms. The Labute approximate surface area is 195 Å². The molecule has 2 N–H and O–H groups in total. The summed E-state index contributed by atoms with van der Waals surface area (Å²) in [6, 6.07) is 13.6. The summed E-state index contributed by atoms with van der Waals surface area (Å²) < 4.78 is 2.74. The lowest BCUT2D eigenvalue weighted by molar-refractivity contribution is 0.198. The normalized spacial score (nSPS) is 17.0. The number of piperidine rings is 1. The number of pyridine rings is 1. The monoisotopic (exact) mass is 492 g/mol. The van der Waals surface area contributed by atoms with Crippen molar-refractivity contribution in [3.8, 4) is 5.75 Å². The van der Waals surface area contributed by atoms with Crippen LogP contribution in [0.25, 0.3) is 5.65 Å². The molecule has 1 fully saturated rings. The van der Waals surface area contributed by atoms with Crippen LogP contribution in [0.3, 0.4) is 0 Å². The molecule has 0 aliphatic carbocycles. The minimum absolute atomic E-state index is 0.306. The van der Waals surface area contributed by atoms with Crippen molar-refractivity contribution in [1.29, 1.82) is 0 Å². The molecule has 8 heteroatoms. The third-order valence-electron chi connectivity index (χ3n) is 5.91. The van der Waals surface area contributed by atoms with Crippen LogP contribution in [0.15, 0.2) is 65.5 Å². The lowest BCUT2D eigenvalue weighted by Crippen LogP contribution is -2.34. The Bertz CT molecular complexity index is 1190. The number of hydrogen-bond donors (Lipinski definition) is 2. The molecule has 1 unspecified atom stereocenters. The molecule has 3 aromatic heterocycles. The van der Waals surface area contributed by atoms with Gasteiger partial charge in [-0.3, -0.25) is 9.88 Å². The Balaban J connectivity index is 1.37. The predicted molar refractivity (Wildman–Crippen MR) is 128 cm³/mol. The first-order valence-corrected chi connectivity index (χ1v) is 11.6. The number of anilines is 1. The number of nitrogens with one attached hydrogen (secondary N) is 1. The van der Waals surface area contributed by atoms with Crippen LogP contribution in [0.5, 0.6) is 5.75 Å². The smallest absolute Gasteiger partial charge is 0.171 e. The van der Waals surface area contributed by atoms with Crippen LogP contribution in [0.2, 0.25) is 0 Å². The SMILES string of the molecule is Oc1ccc(CN2CCCC(c3cc(NCc4cccnc4)n4ncc(Br)c4n3)C2)cc1. The summed E-state index contributed by atoms with van der Waals surface area (Å²) in [5.74, 6) is 1.59. The first-order chi connectivity index (χ1) is 15.7. The van der Waals surface area contributed by atoms with Gasteiger partial charge in [0.05, 0.1) is 16.4 Å². The molecule has 0 spiro atoms. The van der Waals surface area contributed by atoms with Crippen LogP contribution in [0.1, 0.15) is 35.6 Å². The summed E-state index contributed by atoms with van der Waals surface area (Å²) in [5.41, 5.74) is 4.24. The molecule has 1 aliphatic heterocycles. The molecular weight excluding hydrogens is 468 g/mol. The van der Waals surface area contributed by atoms with Crippen molar-refractivity contribution in [3.63, 3.8) is 0 Å². The highest BCUT2D eigenvalue weighted by molar-refractivity contribution is 9.10. The van der Waals surface area contributed by atoms with E-state index in [2.05, 4.69) is 48.4 Å². The first kappa shape index (κ1) is 20.9. The molecule has 0 saturated carbocycles. The van der Waals surface area contributed by atoms with Crippen molar-refractivity contribution < 1.29 is 5.11 Å². The van der Waals surface area contributed by atoms with Crippen LogP contribution in [-0.4, -0.2) is 42.7 Å². The fourth-order valence-electron chi connectivity index (χ4n) is 4.29. The molecule has 0 amide bonds. The van der Waals surface area contributed by atoms with Gasteiger partial charge >= 0.3 is 0 Å². The number of rotatable bonds is 6. The van der Waals surface area contributed by atoms with Gasteiger partial charge in [-0.05, 0) is 64.6 Å². The molecule has 5 rings (SSSR count). The summed E-state index contributed by atoms with van der Waals surface area (Å²) in [4.78, 5) is 11.6. The second-order valence-corrected chi connectivity index (χ2v) is 9.10. The average molecular weight is 493 g/mol. The fourth-order valence-corrected chi connectivity index (χ4v) is 4.63. The van der Waals surface area contributed by atoms with E-state index in [1.807, 2.05) is 28.9 Å². The number of fused-ring (bicyclic) bond motifs is 1. The first-order valence-electron chi connectivity index (χ1n) is 10.8. The van der Waals surface area contributed by atoms with Crippen molar-refractivity contribution in [1.82, 2.24) is 24.5 Å². The molecule has 1 aromatic carbocycles. The Kier molecular flexibility index (Phi) is 6.05. The van der Waals surface area contributed by atoms with Crippen LogP contribution in [0.4, 0.5) is 5.82 Å². The highest BCUT2D eigenvalue weighted by Gasteiger charge is 2.24. The summed E-state index contributed by atoms with van der Waals surface area (Å²) >= 11 is 3.60. The van der Waals surface area contributed by atoms with Gasteiger partial charge < -0.3 is 10.4 Å². The Morgan fingerprint density at radius 1 is 1.12 bits per heavy atom. The molecule has 4 aromatic rings. The van der Waals surface area contributed by atoms with Gasteiger partial charge in [-0.1, -0.05) is 18.2 Å². The van der Waals surface area contributed by atoms with E-state index in [1.54, 1.807) is 24.5 Å². The second kappa shape index (κ2) is 9.26. The van der Waals surface area contributed by atoms with Gasteiger partial charge in [-0.15, -0.1) is 0 Å². The van der Waals surface area contributed by atoms with Gasteiger partial charge in [0, 0.05) is 44.0 Å². The standard InChI is InChI=1S/C24H25BrN6O/c25-21-14-28-31-23(27-13-18-3-1-9-26-12-18)11-22(29-24(21)31)19-4-2-10-30(16-19)15-17-5-7-20(32)8-6-17/h1,3,5-9,11-12,14,19,27,32H,2,4,10,13,15-16H2. The van der Waals surface area contributed by atoms with Crippen molar-refractivity contribution in [2.45, 2.75) is 31.8 Å². The van der Waals surface area contributed by atoms with E-state index < -0.39 is 0 Å². The van der Waals surface area contributed by atoms with Crippen molar-refractivity contribution >= 4 is 27.4 Å². The Morgan fingerprint density at radius 3 is 2.81 bits per heavy atom. The third kappa shape index (κ3) is 4.61. The maximum absolute atomic E-state index is 9.54. The number of halogens is 1. The van der Waals surface area contributed by atoms with E-state index in [0.717, 1.165) is 59.7 Å². The lowest BCUT2D eigenvalue weighted by atomic mass is 9.94.